The Bertz CT molecular complexity index is 988. The molecule has 1 aromatic carbocycles. The van der Waals surface area contributed by atoms with Crippen molar-refractivity contribution in [3.63, 3.8) is 0 Å². The second-order valence-corrected chi connectivity index (χ2v) is 11.6. The molecule has 0 bridgehead atoms. The number of carbonyl (C=O) groups is 1. The summed E-state index contributed by atoms with van der Waals surface area (Å²) in [4.78, 5) is 18.6. The summed E-state index contributed by atoms with van der Waals surface area (Å²) < 4.78 is 23.8. The second-order valence-electron chi connectivity index (χ2n) is 8.25. The number of sulfone groups is 1. The van der Waals surface area contributed by atoms with Crippen molar-refractivity contribution < 1.29 is 13.2 Å². The van der Waals surface area contributed by atoms with E-state index in [9.17, 15) is 13.2 Å². The lowest BCUT2D eigenvalue weighted by Crippen LogP contribution is -2.44. The fraction of sp³-hybridized carbons (Fsp3) is 0.500. The molecule has 0 aliphatic carbocycles. The van der Waals surface area contributed by atoms with Crippen LogP contribution < -0.4 is 0 Å². The van der Waals surface area contributed by atoms with Crippen molar-refractivity contribution in [2.75, 3.05) is 25.9 Å². The number of amides is 1. The highest BCUT2D eigenvalue weighted by atomic mass is 35.5. The van der Waals surface area contributed by atoms with Crippen molar-refractivity contribution in [2.45, 2.75) is 48.9 Å². The lowest BCUT2D eigenvalue weighted by Gasteiger charge is -2.30. The number of likely N-dealkylation sites (tertiary alicyclic amines) is 2. The molecule has 1 amide bonds. The first-order chi connectivity index (χ1) is 13.8. The van der Waals surface area contributed by atoms with Crippen LogP contribution in [0.25, 0.3) is 10.4 Å². The quantitative estimate of drug-likeness (QED) is 0.655. The van der Waals surface area contributed by atoms with Gasteiger partial charge in [0.1, 0.15) is 4.21 Å². The van der Waals surface area contributed by atoms with Crippen LogP contribution in [0.15, 0.2) is 40.6 Å². The molecule has 2 fully saturated rings. The van der Waals surface area contributed by atoms with Gasteiger partial charge in [-0.2, -0.15) is 0 Å². The van der Waals surface area contributed by atoms with Gasteiger partial charge in [0.15, 0.2) is 9.84 Å². The van der Waals surface area contributed by atoms with Crippen LogP contribution in [0, 0.1) is 0 Å². The molecule has 2 aromatic rings. The second kappa shape index (κ2) is 9.39. The summed E-state index contributed by atoms with van der Waals surface area (Å²) in [5.41, 5.74) is 1.64. The molecule has 5 nitrogen and oxygen atoms in total. The molecule has 4 rings (SSSR count). The van der Waals surface area contributed by atoms with Crippen LogP contribution in [0.5, 0.6) is 0 Å². The topological polar surface area (TPSA) is 57.7 Å². The van der Waals surface area contributed by atoms with E-state index in [4.69, 9.17) is 0 Å². The SMILES string of the molecule is C[C@@H]1CCCN1C[C@@H]1CCCN1C(=O)c1ccc(-c2ccc(S(C)(=O)=O)s2)cc1.Cl. The lowest BCUT2D eigenvalue weighted by molar-refractivity contribution is 0.0696. The van der Waals surface area contributed by atoms with Gasteiger partial charge in [0.05, 0.1) is 0 Å². The van der Waals surface area contributed by atoms with Crippen molar-refractivity contribution >= 4 is 39.5 Å². The van der Waals surface area contributed by atoms with Crippen LogP contribution in [0.3, 0.4) is 0 Å². The number of rotatable bonds is 5. The highest BCUT2D eigenvalue weighted by Crippen LogP contribution is 2.31. The Labute approximate surface area is 189 Å². The summed E-state index contributed by atoms with van der Waals surface area (Å²) in [5.74, 6) is 0.105. The fourth-order valence-corrected chi connectivity index (χ4v) is 6.38. The molecule has 0 radical (unpaired) electrons. The van der Waals surface area contributed by atoms with Gasteiger partial charge in [0.2, 0.25) is 0 Å². The average Bonchev–Trinajstić information content (AvgIpc) is 3.43. The van der Waals surface area contributed by atoms with Crippen molar-refractivity contribution in [1.29, 1.82) is 0 Å². The third-order valence-corrected chi connectivity index (χ3v) is 9.09. The van der Waals surface area contributed by atoms with Gasteiger partial charge in [0, 0.05) is 41.9 Å². The molecule has 2 saturated heterocycles. The van der Waals surface area contributed by atoms with E-state index in [0.29, 0.717) is 21.9 Å². The van der Waals surface area contributed by atoms with Crippen LogP contribution in [0.4, 0.5) is 0 Å². The van der Waals surface area contributed by atoms with Crippen LogP contribution in [0.1, 0.15) is 43.0 Å². The van der Waals surface area contributed by atoms with E-state index in [0.717, 1.165) is 42.9 Å². The molecule has 30 heavy (non-hydrogen) atoms. The maximum Gasteiger partial charge on any atom is 0.254 e. The molecule has 3 heterocycles. The first-order valence-corrected chi connectivity index (χ1v) is 13.0. The van der Waals surface area contributed by atoms with Gasteiger partial charge in [-0.05, 0) is 69.0 Å². The average molecular weight is 469 g/mol. The summed E-state index contributed by atoms with van der Waals surface area (Å²) in [7, 11) is -3.19. The largest absolute Gasteiger partial charge is 0.334 e. The smallest absolute Gasteiger partial charge is 0.254 e. The van der Waals surface area contributed by atoms with Gasteiger partial charge in [-0.1, -0.05) is 12.1 Å². The monoisotopic (exact) mass is 468 g/mol. The molecule has 8 heteroatoms. The molecule has 2 aliphatic rings. The van der Waals surface area contributed by atoms with Gasteiger partial charge < -0.3 is 4.90 Å². The zero-order chi connectivity index (χ0) is 20.6. The normalized spacial score (nSPS) is 22.3. The Morgan fingerprint density at radius 1 is 1.07 bits per heavy atom. The number of carbonyl (C=O) groups excluding carboxylic acids is 1. The third kappa shape index (κ3) is 4.90. The molecule has 0 unspecified atom stereocenters. The van der Waals surface area contributed by atoms with Gasteiger partial charge >= 0.3 is 0 Å². The molecule has 0 N–H and O–H groups in total. The Hall–Kier alpha value is -1.41. The molecular formula is C22H29ClN2O3S2. The standard InChI is InChI=1S/C22H28N2O3S2.ClH/c1-16-5-3-13-23(16)15-19-6-4-14-24(19)22(25)18-9-7-17(8-10-18)20-11-12-21(28-20)29(2,26)27;/h7-12,16,19H,3-6,13-15H2,1-2H3;1H/t16-,19+;/m1./s1. The van der Waals surface area contributed by atoms with Crippen molar-refractivity contribution in [3.8, 4) is 10.4 Å². The highest BCUT2D eigenvalue weighted by Gasteiger charge is 2.33. The van der Waals surface area contributed by atoms with Gasteiger partial charge in [-0.3, -0.25) is 9.69 Å². The van der Waals surface area contributed by atoms with Gasteiger partial charge in [0.25, 0.3) is 5.91 Å². The van der Waals surface area contributed by atoms with Crippen LogP contribution in [0.2, 0.25) is 0 Å². The Balaban J connectivity index is 0.00000256. The summed E-state index contributed by atoms with van der Waals surface area (Å²) in [6.45, 7) is 5.24. The van der Waals surface area contributed by atoms with Gasteiger partial charge in [-0.25, -0.2) is 8.42 Å². The zero-order valence-electron chi connectivity index (χ0n) is 17.4. The van der Waals surface area contributed by atoms with E-state index in [-0.39, 0.29) is 18.3 Å². The number of hydrogen-bond donors (Lipinski definition) is 0. The van der Waals surface area contributed by atoms with E-state index in [1.165, 1.54) is 30.4 Å². The number of halogens is 1. The van der Waals surface area contributed by atoms with E-state index in [1.807, 2.05) is 35.2 Å². The maximum absolute atomic E-state index is 13.1. The number of thiophene rings is 1. The summed E-state index contributed by atoms with van der Waals surface area (Å²) >= 11 is 1.26. The van der Waals surface area contributed by atoms with E-state index >= 15 is 0 Å². The highest BCUT2D eigenvalue weighted by molar-refractivity contribution is 7.92. The third-order valence-electron chi connectivity index (χ3n) is 6.14. The summed E-state index contributed by atoms with van der Waals surface area (Å²) in [6.07, 6.45) is 5.88. The molecule has 0 spiro atoms. The molecule has 164 valence electrons. The van der Waals surface area contributed by atoms with E-state index < -0.39 is 9.84 Å². The van der Waals surface area contributed by atoms with Crippen molar-refractivity contribution in [3.05, 3.63) is 42.0 Å². The van der Waals surface area contributed by atoms with E-state index in [1.54, 1.807) is 6.07 Å². The lowest BCUT2D eigenvalue weighted by atomic mass is 10.1. The summed E-state index contributed by atoms with van der Waals surface area (Å²) in [5, 5.41) is 0. The summed E-state index contributed by atoms with van der Waals surface area (Å²) in [6, 6.07) is 12.0. The zero-order valence-corrected chi connectivity index (χ0v) is 19.9. The fourth-order valence-electron chi connectivity index (χ4n) is 4.45. The van der Waals surface area contributed by atoms with Crippen LogP contribution in [-0.4, -0.2) is 62.1 Å². The van der Waals surface area contributed by atoms with Gasteiger partial charge in [-0.15, -0.1) is 23.7 Å². The van der Waals surface area contributed by atoms with Crippen molar-refractivity contribution in [2.24, 2.45) is 0 Å². The molecule has 0 saturated carbocycles. The number of nitrogens with zero attached hydrogens (tertiary/aromatic N) is 2. The van der Waals surface area contributed by atoms with E-state index in [2.05, 4.69) is 11.8 Å². The molecule has 2 atom stereocenters. The predicted octanol–water partition coefficient (Wildman–Crippen LogP) is 4.33. The van der Waals surface area contributed by atoms with Crippen molar-refractivity contribution in [1.82, 2.24) is 9.80 Å². The Morgan fingerprint density at radius 3 is 2.37 bits per heavy atom. The molecule has 2 aliphatic heterocycles. The minimum atomic E-state index is -3.19. The molecular weight excluding hydrogens is 440 g/mol. The Kier molecular flexibility index (Phi) is 7.28. The number of hydrogen-bond acceptors (Lipinski definition) is 5. The predicted molar refractivity (Wildman–Crippen MR) is 124 cm³/mol. The minimum absolute atomic E-state index is 0. The first-order valence-electron chi connectivity index (χ1n) is 10.3. The Morgan fingerprint density at radius 2 is 1.77 bits per heavy atom. The van der Waals surface area contributed by atoms with Crippen LogP contribution >= 0.6 is 23.7 Å². The first kappa shape index (κ1) is 23.3. The maximum atomic E-state index is 13.1. The van der Waals surface area contributed by atoms with Crippen LogP contribution in [-0.2, 0) is 9.84 Å². The number of benzene rings is 1. The molecule has 1 aromatic heterocycles. The minimum Gasteiger partial charge on any atom is -0.334 e.